The van der Waals surface area contributed by atoms with Crippen molar-refractivity contribution < 1.29 is 40.0 Å². The van der Waals surface area contributed by atoms with Crippen molar-refractivity contribution >= 4 is 28.1 Å². The van der Waals surface area contributed by atoms with Gasteiger partial charge in [-0.05, 0) is 112 Å². The third-order valence-electron chi connectivity index (χ3n) is 10.5. The molecule has 4 aromatic carbocycles. The van der Waals surface area contributed by atoms with Gasteiger partial charge in [0, 0.05) is 11.6 Å². The monoisotopic (exact) mass is 801 g/mol. The van der Waals surface area contributed by atoms with E-state index < -0.39 is 0 Å². The fraction of sp³-hybridized carbons (Fsp3) is 0.125. The molecular weight excluding hydrogens is 763 g/mol. The van der Waals surface area contributed by atoms with Crippen molar-refractivity contribution in [2.24, 2.45) is 9.98 Å². The van der Waals surface area contributed by atoms with Crippen LogP contribution >= 0.6 is 0 Å². The fourth-order valence-electron chi connectivity index (χ4n) is 7.65. The van der Waals surface area contributed by atoms with Gasteiger partial charge < -0.3 is 29.2 Å². The number of aromatic nitrogens is 1. The zero-order valence-electron chi connectivity index (χ0n) is 32.3. The Kier molecular flexibility index (Phi) is 11.1. The quantitative estimate of drug-likeness (QED) is 0.155. The average molecular weight is 802 g/mol. The average Bonchev–Trinajstić information content (AvgIpc) is 4.14. The van der Waals surface area contributed by atoms with E-state index in [1.807, 2.05) is 48.5 Å². The number of hydrogen-bond donors (Lipinski definition) is 0. The van der Waals surface area contributed by atoms with Gasteiger partial charge in [0.05, 0.1) is 45.5 Å². The number of allylic oxidation sites excluding steroid dienone is 6. The van der Waals surface area contributed by atoms with Gasteiger partial charge in [0.25, 0.3) is 0 Å². The standard InChI is InChI=1S/C48H38N4O4.O.V/c1-53-33-13-5-29(6-14-33)45-37-21-23-39(49-37)46(30-7-15-34(54-2)16-8-30)41-25-27-43(51-41)48(32-11-19-36(56-4)20-12-32)44-28-26-42(52-44)47(40-24-22-38(45)50-40)31-9-17-35(55-3)18-10-31;;/h5-28,37,45H,1-4H3;;/q-2;;+2/b46-39-,47-40-,48-43-;;. The Labute approximate surface area is 346 Å². The molecule has 0 fully saturated rings. The second-order valence-electron chi connectivity index (χ2n) is 13.6. The SMILES string of the molecule is COc1ccc(/C2=C3\C=CC([N-]3)C(c3ccc(OC)cc3)C3=N/C(=C(/c4ccc(OC)cc4)c4ccc([n-]4)/C(c4ccc(OC)cc4)=C4/C=CC2=N4)C=C3)cc1.[O]=[V+2]. The van der Waals surface area contributed by atoms with Crippen LogP contribution < -0.4 is 23.9 Å². The van der Waals surface area contributed by atoms with E-state index in [0.29, 0.717) is 0 Å². The third kappa shape index (κ3) is 7.33. The van der Waals surface area contributed by atoms with Gasteiger partial charge in [-0.1, -0.05) is 78.9 Å². The summed E-state index contributed by atoms with van der Waals surface area (Å²) < 4.78 is 30.3. The summed E-state index contributed by atoms with van der Waals surface area (Å²) in [5, 5.41) is 5.46. The molecule has 58 heavy (non-hydrogen) atoms. The van der Waals surface area contributed by atoms with Gasteiger partial charge >= 0.3 is 21.0 Å². The Hall–Kier alpha value is -6.68. The van der Waals surface area contributed by atoms with Crippen molar-refractivity contribution in [3.05, 3.63) is 202 Å². The first-order valence-corrected chi connectivity index (χ1v) is 19.2. The van der Waals surface area contributed by atoms with Gasteiger partial charge in [0.1, 0.15) is 23.0 Å². The fourth-order valence-corrected chi connectivity index (χ4v) is 7.65. The van der Waals surface area contributed by atoms with E-state index in [1.54, 1.807) is 28.4 Å². The molecule has 0 amide bonds. The van der Waals surface area contributed by atoms with Gasteiger partial charge in [0.2, 0.25) is 0 Å². The molecule has 5 aromatic rings. The van der Waals surface area contributed by atoms with E-state index in [4.69, 9.17) is 42.9 Å². The second kappa shape index (κ2) is 16.8. The summed E-state index contributed by atoms with van der Waals surface area (Å²) in [7, 11) is 6.70. The molecule has 0 radical (unpaired) electrons. The van der Waals surface area contributed by atoms with E-state index in [-0.39, 0.29) is 12.0 Å². The van der Waals surface area contributed by atoms with Crippen LogP contribution in [0.15, 0.2) is 173 Å². The van der Waals surface area contributed by atoms with Crippen molar-refractivity contribution in [3.8, 4) is 23.0 Å². The number of ether oxygens (including phenoxy) is 4. The third-order valence-corrected chi connectivity index (χ3v) is 10.5. The molecule has 0 spiro atoms. The number of benzene rings is 4. The summed E-state index contributed by atoms with van der Waals surface area (Å²) in [6.45, 7) is 0. The van der Waals surface area contributed by atoms with Crippen LogP contribution in [0.4, 0.5) is 0 Å². The van der Waals surface area contributed by atoms with Crippen molar-refractivity contribution in [1.29, 1.82) is 0 Å². The minimum absolute atomic E-state index is 0.188. The van der Waals surface area contributed by atoms with E-state index in [9.17, 15) is 0 Å². The van der Waals surface area contributed by atoms with E-state index in [1.165, 1.54) is 0 Å². The second-order valence-corrected chi connectivity index (χ2v) is 13.6. The molecule has 0 saturated carbocycles. The number of hydrogen-bond acceptors (Lipinski definition) is 7. The molecule has 0 aliphatic carbocycles. The summed E-state index contributed by atoms with van der Waals surface area (Å²) in [6.07, 6.45) is 12.6. The Balaban J connectivity index is 0.00000231. The van der Waals surface area contributed by atoms with Crippen molar-refractivity contribution in [2.75, 3.05) is 28.4 Å². The van der Waals surface area contributed by atoms with Crippen LogP contribution in [-0.4, -0.2) is 45.9 Å². The number of nitrogens with zero attached hydrogens (tertiary/aromatic N) is 4. The normalized spacial score (nSPS) is 21.5. The molecule has 9 nitrogen and oxygen atoms in total. The van der Waals surface area contributed by atoms with Gasteiger partial charge in [0.15, 0.2) is 0 Å². The van der Waals surface area contributed by atoms with Crippen LogP contribution in [0.5, 0.6) is 23.0 Å². The molecule has 5 heterocycles. The Bertz CT molecular complexity index is 2590. The van der Waals surface area contributed by atoms with Gasteiger partial charge in [-0.2, -0.15) is 0 Å². The predicted molar refractivity (Wildman–Crippen MR) is 224 cm³/mol. The first-order valence-electron chi connectivity index (χ1n) is 18.6. The van der Waals surface area contributed by atoms with Crippen LogP contribution in [0.25, 0.3) is 22.0 Å². The van der Waals surface area contributed by atoms with Crippen molar-refractivity contribution in [3.63, 3.8) is 0 Å². The molecule has 10 heteroatoms. The molecular formula is C48H38N4O5V. The van der Waals surface area contributed by atoms with E-state index in [2.05, 4.69) is 97.1 Å². The first-order chi connectivity index (χ1) is 28.5. The van der Waals surface area contributed by atoms with Crippen LogP contribution in [0, 0.1) is 0 Å². The predicted octanol–water partition coefficient (Wildman–Crippen LogP) is 9.62. The van der Waals surface area contributed by atoms with Gasteiger partial charge in [-0.3, -0.25) is 4.99 Å². The maximum atomic E-state index is 8.19. The Morgan fingerprint density at radius 3 is 1.45 bits per heavy atom. The molecule has 0 N–H and O–H groups in total. The van der Waals surface area contributed by atoms with Crippen LogP contribution in [0.1, 0.15) is 39.6 Å². The van der Waals surface area contributed by atoms with Crippen molar-refractivity contribution in [2.45, 2.75) is 12.0 Å². The number of methoxy groups -OCH3 is 4. The van der Waals surface area contributed by atoms with E-state index in [0.717, 1.165) is 119 Å². The number of aliphatic imine (C=N–C) groups is 2. The Morgan fingerprint density at radius 1 is 0.500 bits per heavy atom. The molecule has 285 valence electrons. The number of rotatable bonds is 8. The topological polar surface area (TPSA) is 107 Å². The van der Waals surface area contributed by atoms with Gasteiger partial charge in [-0.25, -0.2) is 4.99 Å². The summed E-state index contributed by atoms with van der Waals surface area (Å²) >= 11 is 1.06. The Morgan fingerprint density at radius 2 is 0.948 bits per heavy atom. The summed E-state index contributed by atoms with van der Waals surface area (Å²) in [6, 6.07) is 36.2. The summed E-state index contributed by atoms with van der Waals surface area (Å²) in [4.78, 5) is 16.1. The summed E-state index contributed by atoms with van der Waals surface area (Å²) in [5.41, 5.74) is 12.5. The molecule has 4 aliphatic heterocycles. The maximum absolute atomic E-state index is 8.19. The summed E-state index contributed by atoms with van der Waals surface area (Å²) in [5.74, 6) is 2.92. The zero-order valence-corrected chi connectivity index (χ0v) is 33.7. The molecule has 2 atom stereocenters. The molecule has 4 aliphatic rings. The van der Waals surface area contributed by atoms with Crippen LogP contribution in [0.3, 0.4) is 0 Å². The van der Waals surface area contributed by atoms with Gasteiger partial charge in [-0.15, -0.1) is 17.1 Å². The van der Waals surface area contributed by atoms with E-state index >= 15 is 0 Å². The van der Waals surface area contributed by atoms with Crippen molar-refractivity contribution in [1.82, 2.24) is 4.98 Å². The molecule has 8 bridgehead atoms. The molecule has 2 unspecified atom stereocenters. The molecule has 1 aromatic heterocycles. The zero-order chi connectivity index (χ0) is 40.2. The molecule has 9 rings (SSSR count). The molecule has 0 saturated heterocycles. The first kappa shape index (κ1) is 38.2. The number of fused-ring (bicyclic) bond motifs is 6. The minimum atomic E-state index is -0.244. The van der Waals surface area contributed by atoms with Crippen LogP contribution in [0.2, 0.25) is 0 Å². The van der Waals surface area contributed by atoms with Crippen LogP contribution in [-0.2, 0) is 21.0 Å².